The van der Waals surface area contributed by atoms with Gasteiger partial charge in [-0.3, -0.25) is 24.5 Å². The first-order chi connectivity index (χ1) is 25.0. The van der Waals surface area contributed by atoms with Crippen LogP contribution in [0, 0.1) is 0 Å². The normalized spacial score (nSPS) is 20.7. The van der Waals surface area contributed by atoms with E-state index in [2.05, 4.69) is 10.2 Å². The molecule has 3 aromatic carbocycles. The van der Waals surface area contributed by atoms with Crippen molar-refractivity contribution in [1.29, 1.82) is 0 Å². The first-order valence-electron chi connectivity index (χ1n) is 18.4. The largest absolute Gasteiger partial charge is 0.459 e. The Morgan fingerprint density at radius 3 is 2.27 bits per heavy atom. The third-order valence-corrected chi connectivity index (χ3v) is 9.52. The van der Waals surface area contributed by atoms with Gasteiger partial charge in [-0.05, 0) is 80.8 Å². The van der Waals surface area contributed by atoms with E-state index in [-0.39, 0.29) is 43.2 Å². The summed E-state index contributed by atoms with van der Waals surface area (Å²) in [6.07, 6.45) is 3.81. The number of hydroxylamine groups is 1. The number of amides is 2. The van der Waals surface area contributed by atoms with Crippen LogP contribution in [0.3, 0.4) is 0 Å². The number of aliphatic hydroxyl groups excluding tert-OH is 1. The van der Waals surface area contributed by atoms with Gasteiger partial charge in [0.1, 0.15) is 11.6 Å². The van der Waals surface area contributed by atoms with E-state index < -0.39 is 17.8 Å². The second-order valence-corrected chi connectivity index (χ2v) is 14.7. The Morgan fingerprint density at radius 1 is 0.885 bits per heavy atom. The van der Waals surface area contributed by atoms with E-state index in [1.165, 1.54) is 0 Å². The molecular weight excluding hydrogens is 662 g/mol. The molecule has 2 aliphatic heterocycles. The Bertz CT molecular complexity index is 1620. The molecule has 2 aliphatic rings. The van der Waals surface area contributed by atoms with Crippen molar-refractivity contribution in [3.63, 3.8) is 0 Å². The number of nitrogens with zero attached hydrogens (tertiary/aromatic N) is 1. The van der Waals surface area contributed by atoms with E-state index in [4.69, 9.17) is 19.4 Å². The lowest BCUT2D eigenvalue weighted by Gasteiger charge is -2.38. The van der Waals surface area contributed by atoms with Gasteiger partial charge in [0.05, 0.1) is 18.8 Å². The fraction of sp³-hybridized carbons (Fsp3) is 0.488. The molecular formula is C41H53N3O8. The summed E-state index contributed by atoms with van der Waals surface area (Å²) in [5, 5.41) is 21.2. The van der Waals surface area contributed by atoms with Crippen LogP contribution in [0.2, 0.25) is 0 Å². The first kappa shape index (κ1) is 39.1. The number of hydrogen-bond donors (Lipinski definition) is 4. The van der Waals surface area contributed by atoms with E-state index in [0.29, 0.717) is 38.8 Å². The van der Waals surface area contributed by atoms with Gasteiger partial charge in [-0.2, -0.15) is 0 Å². The van der Waals surface area contributed by atoms with Crippen LogP contribution < -0.4 is 10.8 Å². The zero-order valence-corrected chi connectivity index (χ0v) is 30.5. The van der Waals surface area contributed by atoms with Gasteiger partial charge in [0.25, 0.3) is 0 Å². The van der Waals surface area contributed by atoms with Gasteiger partial charge < -0.3 is 24.6 Å². The molecule has 280 valence electrons. The van der Waals surface area contributed by atoms with Crippen molar-refractivity contribution in [2.75, 3.05) is 13.1 Å². The van der Waals surface area contributed by atoms with E-state index in [1.807, 2.05) is 93.6 Å². The Labute approximate surface area is 306 Å². The summed E-state index contributed by atoms with van der Waals surface area (Å²) in [4.78, 5) is 39.0. The quantitative estimate of drug-likeness (QED) is 0.0619. The molecule has 3 aromatic rings. The molecule has 2 amide bonds. The topological polar surface area (TPSA) is 147 Å². The van der Waals surface area contributed by atoms with Crippen molar-refractivity contribution in [1.82, 2.24) is 15.7 Å². The molecule has 4 N–H and O–H groups in total. The SMILES string of the molecule is CC(C)(C)OC(=O)[C@@H]1CCCN1C[C@@H]1C[C@H](c2ccc(CO)cc2)O[C@H](c2ccc(-c3ccccc3CNC(=O)CCCCCC(=O)NO)cc2)O1. The predicted molar refractivity (Wildman–Crippen MR) is 196 cm³/mol. The maximum atomic E-state index is 13.1. The van der Waals surface area contributed by atoms with E-state index in [1.54, 1.807) is 5.48 Å². The highest BCUT2D eigenvalue weighted by atomic mass is 16.7. The third-order valence-electron chi connectivity index (χ3n) is 9.52. The molecule has 11 heteroatoms. The molecule has 0 aromatic heterocycles. The average Bonchev–Trinajstić information content (AvgIpc) is 3.61. The van der Waals surface area contributed by atoms with Crippen LogP contribution in [-0.2, 0) is 41.7 Å². The highest BCUT2D eigenvalue weighted by molar-refractivity contribution is 5.77. The summed E-state index contributed by atoms with van der Waals surface area (Å²) in [6.45, 7) is 7.40. The minimum absolute atomic E-state index is 0.0297. The number of likely N-dealkylation sites (tertiary alicyclic amines) is 1. The van der Waals surface area contributed by atoms with Crippen molar-refractivity contribution in [3.05, 3.63) is 95.1 Å². The van der Waals surface area contributed by atoms with Crippen LogP contribution in [0.4, 0.5) is 0 Å². The van der Waals surface area contributed by atoms with E-state index in [9.17, 15) is 19.5 Å². The highest BCUT2D eigenvalue weighted by Gasteiger charge is 2.39. The second-order valence-electron chi connectivity index (χ2n) is 14.7. The summed E-state index contributed by atoms with van der Waals surface area (Å²) in [5.41, 5.74) is 6.78. The zero-order chi connectivity index (χ0) is 37.1. The molecule has 2 saturated heterocycles. The van der Waals surface area contributed by atoms with Crippen LogP contribution in [0.5, 0.6) is 0 Å². The number of nitrogens with one attached hydrogen (secondary N) is 2. The maximum Gasteiger partial charge on any atom is 0.323 e. The van der Waals surface area contributed by atoms with Crippen LogP contribution in [0.1, 0.15) is 107 Å². The Morgan fingerprint density at radius 2 is 1.58 bits per heavy atom. The van der Waals surface area contributed by atoms with Crippen molar-refractivity contribution < 1.29 is 38.9 Å². The molecule has 52 heavy (non-hydrogen) atoms. The Hall–Kier alpha value is -4.13. The van der Waals surface area contributed by atoms with Gasteiger partial charge in [0.15, 0.2) is 6.29 Å². The molecule has 0 bridgehead atoms. The number of unbranched alkanes of at least 4 members (excludes halogenated alkanes) is 2. The van der Waals surface area contributed by atoms with E-state index >= 15 is 0 Å². The fourth-order valence-corrected chi connectivity index (χ4v) is 6.84. The summed E-state index contributed by atoms with van der Waals surface area (Å²) in [7, 11) is 0. The lowest BCUT2D eigenvalue weighted by Crippen LogP contribution is -2.45. The number of carbonyl (C=O) groups is 3. The minimum atomic E-state index is -0.634. The van der Waals surface area contributed by atoms with E-state index in [0.717, 1.165) is 59.2 Å². The first-order valence-corrected chi connectivity index (χ1v) is 18.4. The standard InChI is InChI=1S/C41H53N3O8/c1-41(2,3)52-39(48)35-12-9-23-44(35)26-33-24-36(30-17-15-28(27-45)16-18-30)51-40(50-33)31-21-19-29(20-22-31)34-11-8-7-10-32(34)25-42-37(46)13-5-4-6-14-38(47)43-49/h7-8,10-11,15-22,33,35-36,40,45,49H,4-6,9,12-14,23-27H2,1-3H3,(H,42,46)(H,43,47)/t33-,35-,36+,40+/m0/s1. The fourth-order valence-electron chi connectivity index (χ4n) is 6.84. The van der Waals surface area contributed by atoms with Crippen LogP contribution in [0.15, 0.2) is 72.8 Å². The van der Waals surface area contributed by atoms with Gasteiger partial charge in [0.2, 0.25) is 11.8 Å². The summed E-state index contributed by atoms with van der Waals surface area (Å²) >= 11 is 0. The monoisotopic (exact) mass is 715 g/mol. The second kappa shape index (κ2) is 18.6. The maximum absolute atomic E-state index is 13.1. The number of ether oxygens (including phenoxy) is 3. The molecule has 11 nitrogen and oxygen atoms in total. The average molecular weight is 716 g/mol. The zero-order valence-electron chi connectivity index (χ0n) is 30.5. The smallest absolute Gasteiger partial charge is 0.323 e. The number of aliphatic hydroxyl groups is 1. The van der Waals surface area contributed by atoms with Gasteiger partial charge in [0, 0.05) is 37.9 Å². The molecule has 2 fully saturated rings. The molecule has 0 saturated carbocycles. The summed E-state index contributed by atoms with van der Waals surface area (Å²) in [5.74, 6) is -0.661. The summed E-state index contributed by atoms with van der Waals surface area (Å²) in [6, 6.07) is 23.6. The van der Waals surface area contributed by atoms with Gasteiger partial charge in [-0.15, -0.1) is 0 Å². The Balaban J connectivity index is 1.26. The molecule has 0 spiro atoms. The molecule has 4 atom stereocenters. The molecule has 0 radical (unpaired) electrons. The summed E-state index contributed by atoms with van der Waals surface area (Å²) < 4.78 is 19.0. The minimum Gasteiger partial charge on any atom is -0.459 e. The predicted octanol–water partition coefficient (Wildman–Crippen LogP) is 6.27. The highest BCUT2D eigenvalue weighted by Crippen LogP contribution is 2.39. The van der Waals surface area contributed by atoms with Crippen LogP contribution >= 0.6 is 0 Å². The van der Waals surface area contributed by atoms with Gasteiger partial charge in [-0.25, -0.2) is 5.48 Å². The number of rotatable bonds is 15. The van der Waals surface area contributed by atoms with Crippen molar-refractivity contribution >= 4 is 17.8 Å². The van der Waals surface area contributed by atoms with Crippen molar-refractivity contribution in [2.45, 2.75) is 115 Å². The van der Waals surface area contributed by atoms with Crippen LogP contribution in [-0.4, -0.2) is 63.8 Å². The number of benzene rings is 3. The van der Waals surface area contributed by atoms with Crippen molar-refractivity contribution in [2.24, 2.45) is 0 Å². The third kappa shape index (κ3) is 11.2. The Kier molecular flexibility index (Phi) is 14.0. The molecule has 2 heterocycles. The van der Waals surface area contributed by atoms with Crippen molar-refractivity contribution in [3.8, 4) is 11.1 Å². The molecule has 0 unspecified atom stereocenters. The lowest BCUT2D eigenvalue weighted by molar-refractivity contribution is -0.253. The lowest BCUT2D eigenvalue weighted by atomic mass is 9.97. The van der Waals surface area contributed by atoms with Gasteiger partial charge >= 0.3 is 5.97 Å². The number of carbonyl (C=O) groups excluding carboxylic acids is 3. The van der Waals surface area contributed by atoms with Gasteiger partial charge in [-0.1, -0.05) is 79.2 Å². The number of hydrogen-bond acceptors (Lipinski definition) is 9. The van der Waals surface area contributed by atoms with Crippen LogP contribution in [0.25, 0.3) is 11.1 Å². The molecule has 5 rings (SSSR count). The molecule has 0 aliphatic carbocycles. The number of esters is 1.